The van der Waals surface area contributed by atoms with E-state index < -0.39 is 0 Å². The van der Waals surface area contributed by atoms with E-state index in [1.807, 2.05) is 65.7 Å². The molecule has 26 heavy (non-hydrogen) atoms. The van der Waals surface area contributed by atoms with Crippen molar-refractivity contribution in [1.82, 2.24) is 20.4 Å². The number of benzene rings is 2. The lowest BCUT2D eigenvalue weighted by molar-refractivity contribution is 0.506. The molecule has 7 heteroatoms. The molecule has 1 aliphatic rings. The number of aromatic nitrogens is 3. The van der Waals surface area contributed by atoms with Crippen molar-refractivity contribution in [2.24, 2.45) is 4.99 Å². The fraction of sp³-hybridized carbons (Fsp3) is 0.158. The van der Waals surface area contributed by atoms with Crippen LogP contribution in [0.4, 0.5) is 0 Å². The molecule has 1 unspecified atom stereocenters. The second-order valence-electron chi connectivity index (χ2n) is 5.86. The molecule has 1 aromatic heterocycles. The van der Waals surface area contributed by atoms with Gasteiger partial charge in [-0.2, -0.15) is 5.26 Å². The predicted molar refractivity (Wildman–Crippen MR) is 99.6 cm³/mol. The van der Waals surface area contributed by atoms with Crippen LogP contribution in [-0.2, 0) is 6.54 Å². The first-order valence-corrected chi connectivity index (χ1v) is 8.36. The van der Waals surface area contributed by atoms with E-state index in [0.29, 0.717) is 18.9 Å². The Morgan fingerprint density at radius 1 is 1.00 bits per heavy atom. The van der Waals surface area contributed by atoms with Crippen LogP contribution in [0.1, 0.15) is 12.0 Å². The fourth-order valence-electron chi connectivity index (χ4n) is 2.82. The monoisotopic (exact) mass is 343 g/mol. The molecule has 2 aromatic carbocycles. The lowest BCUT2D eigenvalue weighted by Crippen LogP contribution is -2.55. The summed E-state index contributed by atoms with van der Waals surface area (Å²) >= 11 is 0. The van der Waals surface area contributed by atoms with Crippen LogP contribution in [0.2, 0.25) is 0 Å². The molecule has 128 valence electrons. The summed E-state index contributed by atoms with van der Waals surface area (Å²) in [4.78, 5) is 5.97. The van der Waals surface area contributed by atoms with Crippen LogP contribution in [0.25, 0.3) is 11.0 Å². The van der Waals surface area contributed by atoms with E-state index in [1.165, 1.54) is 4.91 Å². The van der Waals surface area contributed by atoms with Gasteiger partial charge in [0.25, 0.3) is 0 Å². The zero-order valence-corrected chi connectivity index (χ0v) is 14.0. The maximum atomic E-state index is 9.20. The Kier molecular flexibility index (Phi) is 4.31. The highest BCUT2D eigenvalue weighted by molar-refractivity contribution is 5.91. The van der Waals surface area contributed by atoms with Crippen molar-refractivity contribution in [1.29, 1.82) is 5.26 Å². The third kappa shape index (κ3) is 3.13. The molecule has 2 heterocycles. The first-order valence-electron chi connectivity index (χ1n) is 8.36. The van der Waals surface area contributed by atoms with E-state index in [0.717, 1.165) is 16.6 Å². The van der Waals surface area contributed by atoms with Gasteiger partial charge in [-0.25, -0.2) is 10.0 Å². The third-order valence-corrected chi connectivity index (χ3v) is 4.10. The number of aliphatic imine (C=N–C) groups is 1. The highest BCUT2D eigenvalue weighted by atomic mass is 15.8. The number of nitrogens with zero attached hydrogens (tertiary/aromatic N) is 6. The molecule has 0 radical (unpaired) electrons. The lowest BCUT2D eigenvalue weighted by atomic mass is 10.2. The Balaban J connectivity index is 1.65. The van der Waals surface area contributed by atoms with Crippen LogP contribution < -0.4 is 10.3 Å². The van der Waals surface area contributed by atoms with Gasteiger partial charge >= 0.3 is 0 Å². The Morgan fingerprint density at radius 3 is 2.38 bits per heavy atom. The van der Waals surface area contributed by atoms with E-state index in [1.54, 1.807) is 6.20 Å². The number of nitrogens with one attached hydrogen (secondary N) is 1. The number of hydrogen-bond donors (Lipinski definition) is 1. The van der Waals surface area contributed by atoms with Crippen molar-refractivity contribution in [3.8, 4) is 6.07 Å². The van der Waals surface area contributed by atoms with Gasteiger partial charge in [0.2, 0.25) is 5.96 Å². The van der Waals surface area contributed by atoms with Gasteiger partial charge in [-0.3, -0.25) is 0 Å². The molecule has 0 amide bonds. The number of rotatable bonds is 4. The molecule has 0 spiro atoms. The van der Waals surface area contributed by atoms with Crippen molar-refractivity contribution in [3.63, 3.8) is 0 Å². The zero-order chi connectivity index (χ0) is 17.8. The minimum absolute atomic E-state index is 0.197. The van der Waals surface area contributed by atoms with E-state index >= 15 is 0 Å². The van der Waals surface area contributed by atoms with Gasteiger partial charge in [0.05, 0.1) is 18.5 Å². The molecule has 3 aromatic rings. The van der Waals surface area contributed by atoms with E-state index in [4.69, 9.17) is 0 Å². The number of nitriles is 1. The minimum atomic E-state index is -0.197. The van der Waals surface area contributed by atoms with Crippen LogP contribution >= 0.6 is 0 Å². The highest BCUT2D eigenvalue weighted by Crippen LogP contribution is 2.13. The Morgan fingerprint density at radius 2 is 1.69 bits per heavy atom. The van der Waals surface area contributed by atoms with E-state index in [-0.39, 0.29) is 6.04 Å². The third-order valence-electron chi connectivity index (χ3n) is 4.10. The summed E-state index contributed by atoms with van der Waals surface area (Å²) in [6, 6.07) is 19.8. The van der Waals surface area contributed by atoms with Crippen LogP contribution in [-0.4, -0.2) is 27.1 Å². The average molecular weight is 343 g/mol. The van der Waals surface area contributed by atoms with Gasteiger partial charge in [0.15, 0.2) is 0 Å². The molecule has 0 fully saturated rings. The zero-order valence-electron chi connectivity index (χ0n) is 14.0. The molecule has 1 N–H and O–H groups in total. The van der Waals surface area contributed by atoms with Gasteiger partial charge in [-0.05, 0) is 23.8 Å². The Labute approximate surface area is 150 Å². The summed E-state index contributed by atoms with van der Waals surface area (Å²) in [5.74, 6) is 0.608. The minimum Gasteiger partial charge on any atom is -0.350 e. The molecular formula is C19H17N7. The number of hydrogen-bond acceptors (Lipinski definition) is 6. The molecule has 0 aliphatic carbocycles. The van der Waals surface area contributed by atoms with Crippen molar-refractivity contribution in [2.45, 2.75) is 19.0 Å². The van der Waals surface area contributed by atoms with Crippen molar-refractivity contribution >= 4 is 17.0 Å². The van der Waals surface area contributed by atoms with Crippen molar-refractivity contribution in [2.75, 3.05) is 5.01 Å². The summed E-state index contributed by atoms with van der Waals surface area (Å²) in [5, 5.41) is 23.4. The fourth-order valence-corrected chi connectivity index (χ4v) is 2.82. The van der Waals surface area contributed by atoms with Gasteiger partial charge in [-0.1, -0.05) is 47.4 Å². The van der Waals surface area contributed by atoms with Gasteiger partial charge in [0, 0.05) is 12.7 Å². The van der Waals surface area contributed by atoms with E-state index in [9.17, 15) is 5.26 Å². The Bertz CT molecular complexity index is 964. The van der Waals surface area contributed by atoms with Gasteiger partial charge in [0.1, 0.15) is 11.0 Å². The molecule has 4 rings (SSSR count). The highest BCUT2D eigenvalue weighted by Gasteiger charge is 2.26. The van der Waals surface area contributed by atoms with Crippen LogP contribution in [0.3, 0.4) is 0 Å². The molecule has 1 aliphatic heterocycles. The van der Waals surface area contributed by atoms with E-state index in [2.05, 4.69) is 26.6 Å². The first-order chi connectivity index (χ1) is 12.8. The van der Waals surface area contributed by atoms with Crippen LogP contribution in [0.15, 0.2) is 71.9 Å². The molecule has 1 atom stereocenters. The van der Waals surface area contributed by atoms with Crippen molar-refractivity contribution < 1.29 is 0 Å². The maximum Gasteiger partial charge on any atom is 0.221 e. The second-order valence-corrected chi connectivity index (χ2v) is 5.86. The largest absolute Gasteiger partial charge is 0.350 e. The first kappa shape index (κ1) is 15.8. The smallest absolute Gasteiger partial charge is 0.221 e. The summed E-state index contributed by atoms with van der Waals surface area (Å²) in [5.41, 5.74) is 2.72. The van der Waals surface area contributed by atoms with Crippen molar-refractivity contribution in [3.05, 3.63) is 72.4 Å². The number of guanidine groups is 1. The molecule has 0 saturated carbocycles. The quantitative estimate of drug-likeness (QED) is 0.786. The summed E-state index contributed by atoms with van der Waals surface area (Å²) in [6.45, 7) is 0.615. The van der Waals surface area contributed by atoms with Gasteiger partial charge in [-0.15, -0.1) is 10.2 Å². The summed E-state index contributed by atoms with van der Waals surface area (Å²) in [6.07, 6.45) is 3.90. The van der Waals surface area contributed by atoms with Crippen LogP contribution in [0.5, 0.6) is 0 Å². The standard InChI is InChI=1S/C19H17N7/c20-12-10-16-11-13-21-19(22-14-15-6-2-1-3-7-15)25(16)26-23-17-8-4-5-9-18(17)24-26/h1-9,11,13,16H,10,14H2,(H,21,22). The average Bonchev–Trinajstić information content (AvgIpc) is 3.11. The topological polar surface area (TPSA) is 82.1 Å². The molecule has 0 saturated heterocycles. The number of fused-ring (bicyclic) bond motifs is 1. The lowest BCUT2D eigenvalue weighted by Gasteiger charge is -2.31. The predicted octanol–water partition coefficient (Wildman–Crippen LogP) is 2.32. The maximum absolute atomic E-state index is 9.20. The molecule has 7 nitrogen and oxygen atoms in total. The second kappa shape index (κ2) is 7.07. The summed E-state index contributed by atoms with van der Waals surface area (Å²) < 4.78 is 0. The molecule has 0 bridgehead atoms. The Hall–Kier alpha value is -3.66. The van der Waals surface area contributed by atoms with Gasteiger partial charge < -0.3 is 5.32 Å². The summed E-state index contributed by atoms with van der Waals surface area (Å²) in [7, 11) is 0. The SMILES string of the molecule is N#CCC1C=CN=C(NCc2ccccc2)N1n1nc2ccccc2n1. The molecular weight excluding hydrogens is 326 g/mol. The van der Waals surface area contributed by atoms with Crippen LogP contribution in [0, 0.1) is 11.3 Å². The normalized spacial score (nSPS) is 16.3.